The van der Waals surface area contributed by atoms with Gasteiger partial charge in [-0.25, -0.2) is 8.78 Å². The van der Waals surface area contributed by atoms with Crippen molar-refractivity contribution in [2.45, 2.75) is 82.6 Å². The smallest absolute Gasteiger partial charge is 0.387 e. The molecule has 0 radical (unpaired) electrons. The first kappa shape index (κ1) is 31.1. The van der Waals surface area contributed by atoms with Crippen LogP contribution in [0.2, 0.25) is 5.02 Å². The first-order valence-corrected chi connectivity index (χ1v) is 14.6. The van der Waals surface area contributed by atoms with Crippen LogP contribution in [0, 0.1) is 23.0 Å². The van der Waals surface area contributed by atoms with Crippen molar-refractivity contribution >= 4 is 11.6 Å². The van der Waals surface area contributed by atoms with Crippen LogP contribution in [0.15, 0.2) is 42.5 Å². The summed E-state index contributed by atoms with van der Waals surface area (Å²) in [7, 11) is 0. The molecule has 0 amide bonds. The van der Waals surface area contributed by atoms with E-state index in [0.29, 0.717) is 24.9 Å². The van der Waals surface area contributed by atoms with Gasteiger partial charge < -0.3 is 19.9 Å². The summed E-state index contributed by atoms with van der Waals surface area (Å²) in [6.45, 7) is 1.99. The van der Waals surface area contributed by atoms with Gasteiger partial charge in [0.05, 0.1) is 22.8 Å². The van der Waals surface area contributed by atoms with Gasteiger partial charge in [-0.1, -0.05) is 62.7 Å². The second-order valence-corrected chi connectivity index (χ2v) is 12.7. The molecule has 1 aliphatic carbocycles. The molecule has 0 unspecified atom stereocenters. The van der Waals surface area contributed by atoms with Crippen LogP contribution in [0.1, 0.15) is 68.7 Å². The molecule has 1 saturated carbocycles. The van der Waals surface area contributed by atoms with Gasteiger partial charge in [-0.3, -0.25) is 0 Å². The Morgan fingerprint density at radius 2 is 1.79 bits per heavy atom. The largest absolute Gasteiger partial charge is 0.480 e. The van der Waals surface area contributed by atoms with E-state index in [4.69, 9.17) is 16.3 Å². The number of nitriles is 1. The summed E-state index contributed by atoms with van der Waals surface area (Å²) in [5.41, 5.74) is -1.49. The van der Waals surface area contributed by atoms with Crippen LogP contribution >= 0.6 is 11.6 Å². The van der Waals surface area contributed by atoms with Crippen LogP contribution in [0.25, 0.3) is 11.1 Å². The van der Waals surface area contributed by atoms with Crippen molar-refractivity contribution in [2.75, 3.05) is 6.54 Å². The van der Waals surface area contributed by atoms with E-state index in [9.17, 15) is 19.1 Å². The summed E-state index contributed by atoms with van der Waals surface area (Å²) in [5, 5.41) is 23.1. The van der Waals surface area contributed by atoms with Gasteiger partial charge in [0.15, 0.2) is 17.2 Å². The number of halogens is 5. The van der Waals surface area contributed by atoms with Gasteiger partial charge in [0.1, 0.15) is 11.6 Å². The van der Waals surface area contributed by atoms with Crippen molar-refractivity contribution in [3.63, 3.8) is 0 Å². The van der Waals surface area contributed by atoms with Crippen molar-refractivity contribution in [1.29, 1.82) is 5.26 Å². The molecule has 5 nitrogen and oxygen atoms in total. The zero-order valence-electron chi connectivity index (χ0n) is 24.1. The van der Waals surface area contributed by atoms with Crippen LogP contribution in [0.3, 0.4) is 0 Å². The van der Waals surface area contributed by atoms with Crippen molar-refractivity contribution in [1.82, 2.24) is 5.32 Å². The van der Waals surface area contributed by atoms with E-state index in [1.807, 2.05) is 36.4 Å². The van der Waals surface area contributed by atoms with Gasteiger partial charge in [-0.05, 0) is 42.7 Å². The lowest BCUT2D eigenvalue weighted by Crippen LogP contribution is -2.46. The third-order valence-electron chi connectivity index (χ3n) is 8.33. The van der Waals surface area contributed by atoms with E-state index in [-0.39, 0.29) is 41.0 Å². The first-order valence-electron chi connectivity index (χ1n) is 14.2. The molecule has 2 N–H and O–H groups in total. The maximum absolute atomic E-state index is 16.4. The van der Waals surface area contributed by atoms with Crippen LogP contribution in [-0.2, 0) is 17.4 Å². The van der Waals surface area contributed by atoms with Crippen LogP contribution in [0.4, 0.5) is 17.6 Å². The Labute approximate surface area is 253 Å². The van der Waals surface area contributed by atoms with E-state index in [0.717, 1.165) is 24.5 Å². The predicted octanol–water partition coefficient (Wildman–Crippen LogP) is 7.78. The maximum atomic E-state index is 16.4. The third kappa shape index (κ3) is 6.06. The molecule has 0 spiro atoms. The Morgan fingerprint density at radius 1 is 1.12 bits per heavy atom. The standard InChI is InChI=1S/C33H33ClF4N2O3/c1-32(2,3)23-13-18(16-39)26(29(36)30(23)42-31(37)38)27-22-15-33(19-7-5-4-6-8-19,43-25(22)14-24(35)28(27)34)17-40-20-9-11-21(41)12-10-20/h4-8,13-14,20-21,31,40-41H,9-12,15,17H2,1-3H3/t20?,21?,33-/m1/s1. The van der Waals surface area contributed by atoms with E-state index < -0.39 is 45.6 Å². The number of rotatable bonds is 7. The summed E-state index contributed by atoms with van der Waals surface area (Å²) in [5.74, 6) is -2.75. The molecule has 5 rings (SSSR count). The van der Waals surface area contributed by atoms with Gasteiger partial charge in [0.25, 0.3) is 0 Å². The molecule has 1 aliphatic heterocycles. The second kappa shape index (κ2) is 12.0. The molecule has 1 atom stereocenters. The van der Waals surface area contributed by atoms with Gasteiger partial charge in [-0.2, -0.15) is 14.0 Å². The molecular weight excluding hydrogens is 584 g/mol. The zero-order chi connectivity index (χ0) is 31.1. The average Bonchev–Trinajstić information content (AvgIpc) is 3.33. The number of hydrogen-bond acceptors (Lipinski definition) is 5. The van der Waals surface area contributed by atoms with E-state index in [1.54, 1.807) is 20.8 Å². The molecule has 10 heteroatoms. The highest BCUT2D eigenvalue weighted by Gasteiger charge is 2.45. The Morgan fingerprint density at radius 3 is 2.40 bits per heavy atom. The number of fused-ring (bicyclic) bond motifs is 1. The number of aliphatic hydroxyl groups is 1. The lowest BCUT2D eigenvalue weighted by molar-refractivity contribution is -0.0532. The molecule has 3 aromatic rings. The molecule has 43 heavy (non-hydrogen) atoms. The molecule has 3 aromatic carbocycles. The molecule has 0 aromatic heterocycles. The Bertz CT molecular complexity index is 1550. The van der Waals surface area contributed by atoms with Crippen molar-refractivity contribution in [3.05, 3.63) is 81.4 Å². The fourth-order valence-corrected chi connectivity index (χ4v) is 6.38. The minimum atomic E-state index is -3.34. The first-order chi connectivity index (χ1) is 20.3. The molecule has 228 valence electrons. The number of nitrogens with one attached hydrogen (secondary N) is 1. The predicted molar refractivity (Wildman–Crippen MR) is 156 cm³/mol. The molecule has 2 aliphatic rings. The minimum absolute atomic E-state index is 0.0615. The van der Waals surface area contributed by atoms with Crippen molar-refractivity contribution in [2.24, 2.45) is 0 Å². The fraction of sp³-hybridized carbons (Fsp3) is 0.424. The average molecular weight is 617 g/mol. The van der Waals surface area contributed by atoms with E-state index in [1.165, 1.54) is 6.07 Å². The van der Waals surface area contributed by atoms with Crippen molar-refractivity contribution in [3.8, 4) is 28.7 Å². The summed E-state index contributed by atoms with van der Waals surface area (Å²) >= 11 is 6.52. The summed E-state index contributed by atoms with van der Waals surface area (Å²) in [4.78, 5) is 0. The molecule has 0 saturated heterocycles. The Kier molecular flexibility index (Phi) is 8.68. The quantitative estimate of drug-likeness (QED) is 0.265. The lowest BCUT2D eigenvalue weighted by atomic mass is 9.81. The number of hydrogen-bond donors (Lipinski definition) is 2. The van der Waals surface area contributed by atoms with Crippen molar-refractivity contribution < 1.29 is 32.1 Å². The normalized spacial score (nSPS) is 21.8. The summed E-state index contributed by atoms with van der Waals surface area (Å²) < 4.78 is 70.0. The lowest BCUT2D eigenvalue weighted by Gasteiger charge is -2.34. The van der Waals surface area contributed by atoms with Gasteiger partial charge in [-0.15, -0.1) is 0 Å². The van der Waals surface area contributed by atoms with Crippen LogP contribution in [-0.4, -0.2) is 30.4 Å². The molecule has 1 heterocycles. The molecule has 0 bridgehead atoms. The summed E-state index contributed by atoms with van der Waals surface area (Å²) in [6, 6.07) is 13.8. The number of ether oxygens (including phenoxy) is 2. The highest BCUT2D eigenvalue weighted by molar-refractivity contribution is 6.34. The maximum Gasteiger partial charge on any atom is 0.387 e. The molecule has 1 fully saturated rings. The van der Waals surface area contributed by atoms with Crippen LogP contribution < -0.4 is 14.8 Å². The van der Waals surface area contributed by atoms with Crippen LogP contribution in [0.5, 0.6) is 11.5 Å². The molecular formula is C33H33ClF4N2O3. The van der Waals surface area contributed by atoms with Gasteiger partial charge in [0.2, 0.25) is 0 Å². The number of benzene rings is 3. The Balaban J connectivity index is 1.67. The SMILES string of the molecule is CC(C)(C)c1cc(C#N)c(-c2c(Cl)c(F)cc3c2C[C@@](CNC2CCC(O)CC2)(c2ccccc2)O3)c(F)c1OC(F)F. The number of aliphatic hydroxyl groups excluding tert-OH is 1. The highest BCUT2D eigenvalue weighted by Crippen LogP contribution is 2.51. The van der Waals surface area contributed by atoms with E-state index in [2.05, 4.69) is 10.1 Å². The number of nitrogens with zero attached hydrogens (tertiary/aromatic N) is 1. The topological polar surface area (TPSA) is 74.5 Å². The monoisotopic (exact) mass is 616 g/mol. The van der Waals surface area contributed by atoms with Gasteiger partial charge >= 0.3 is 6.61 Å². The fourth-order valence-electron chi connectivity index (χ4n) is 6.12. The highest BCUT2D eigenvalue weighted by atomic mass is 35.5. The minimum Gasteiger partial charge on any atom is -0.480 e. The zero-order valence-corrected chi connectivity index (χ0v) is 24.9. The summed E-state index contributed by atoms with van der Waals surface area (Å²) in [6.07, 6.45) is 2.69. The third-order valence-corrected chi connectivity index (χ3v) is 8.70. The van der Waals surface area contributed by atoms with Gasteiger partial charge in [0, 0.05) is 47.3 Å². The number of alkyl halides is 2. The van der Waals surface area contributed by atoms with E-state index >= 15 is 8.78 Å². The Hall–Kier alpha value is -3.32. The second-order valence-electron chi connectivity index (χ2n) is 12.3.